The molecule has 0 aliphatic carbocycles. The Morgan fingerprint density at radius 3 is 0.604 bits per heavy atom. The highest BCUT2D eigenvalue weighted by atomic mass is 15.0. The molecule has 0 unspecified atom stereocenters. The summed E-state index contributed by atoms with van der Waals surface area (Å²) >= 11 is 0. The standard InChI is InChI=1S/C84H51N7/c1-9-25-71-57(17-1)65-45-51(33-39-72(65)85-71)87-75-28-12-4-20-60(75)67-47-53(35-41-80(67)87)89-77-30-14-6-22-62(77)69-49-55(37-43-82(69)89)91-79-32-16-8-24-64(79)70-50-56(38-44-84(70)91)90-78-31-15-7-23-63(78)68-48-54(36-42-83(68)90)88-76-29-13-5-21-61(76)66-46-52(34-40-81(66)88)86-73-26-10-2-18-58(73)59-19-3-11-27-74(59)86/h1-50,85H. The largest absolute Gasteiger partial charge is 0.355 e. The van der Waals surface area contributed by atoms with E-state index in [1.807, 2.05) is 0 Å². The van der Waals surface area contributed by atoms with Gasteiger partial charge in [-0.1, -0.05) is 146 Å². The molecular formula is C84H51N7. The molecule has 7 nitrogen and oxygen atoms in total. The quantitative estimate of drug-likeness (QED) is 0.172. The maximum absolute atomic E-state index is 3.62. The van der Waals surface area contributed by atoms with Crippen LogP contribution in [-0.2, 0) is 0 Å². The van der Waals surface area contributed by atoms with Crippen LogP contribution in [0.1, 0.15) is 0 Å². The number of aromatic nitrogens is 7. The number of rotatable bonds is 6. The molecular weight excluding hydrogens is 1110 g/mol. The summed E-state index contributed by atoms with van der Waals surface area (Å²) in [6.45, 7) is 0. The monoisotopic (exact) mass is 1160 g/mol. The summed E-state index contributed by atoms with van der Waals surface area (Å²) in [4.78, 5) is 3.62. The van der Waals surface area contributed by atoms with Crippen LogP contribution in [0.25, 0.3) is 187 Å². The van der Waals surface area contributed by atoms with Crippen LogP contribution in [0.5, 0.6) is 0 Å². The van der Waals surface area contributed by atoms with Crippen molar-refractivity contribution in [2.24, 2.45) is 0 Å². The highest BCUT2D eigenvalue weighted by Gasteiger charge is 2.23. The molecule has 0 amide bonds. The molecule has 7 heteroatoms. The molecule has 0 aliphatic rings. The fourth-order valence-electron chi connectivity index (χ4n) is 16.1. The number of para-hydroxylation sites is 8. The number of nitrogens with zero attached hydrogens (tertiary/aromatic N) is 6. The smallest absolute Gasteiger partial charge is 0.0542 e. The third kappa shape index (κ3) is 6.70. The Balaban J connectivity index is 0.687. The number of hydrogen-bond donors (Lipinski definition) is 1. The Labute approximate surface area is 519 Å². The molecule has 0 bridgehead atoms. The first-order chi connectivity index (χ1) is 45.1. The Kier molecular flexibility index (Phi) is 9.72. The van der Waals surface area contributed by atoms with Gasteiger partial charge in [0, 0.05) is 121 Å². The van der Waals surface area contributed by atoms with Gasteiger partial charge in [-0.2, -0.15) is 0 Å². The molecule has 0 saturated heterocycles. The van der Waals surface area contributed by atoms with Gasteiger partial charge in [-0.3, -0.25) is 0 Å². The summed E-state index contributed by atoms with van der Waals surface area (Å²) in [5.74, 6) is 0. The summed E-state index contributed by atoms with van der Waals surface area (Å²) in [7, 11) is 0. The van der Waals surface area contributed by atoms with Crippen LogP contribution in [0.15, 0.2) is 303 Å². The van der Waals surface area contributed by atoms with Crippen molar-refractivity contribution in [2.75, 3.05) is 0 Å². The summed E-state index contributed by atoms with van der Waals surface area (Å²) in [5.41, 5.74) is 23.2. The van der Waals surface area contributed by atoms with Crippen LogP contribution in [0.4, 0.5) is 0 Å². The summed E-state index contributed by atoms with van der Waals surface area (Å²) in [5, 5.41) is 17.2. The van der Waals surface area contributed by atoms with Crippen LogP contribution in [0, 0.1) is 0 Å². The normalized spacial score (nSPS) is 12.4. The molecule has 21 aromatic rings. The first-order valence-electron chi connectivity index (χ1n) is 31.3. The fraction of sp³-hybridized carbons (Fsp3) is 0. The zero-order valence-electron chi connectivity index (χ0n) is 49.1. The molecule has 14 aromatic carbocycles. The molecule has 0 spiro atoms. The minimum absolute atomic E-state index is 1.12. The minimum atomic E-state index is 1.12. The molecule has 7 aromatic heterocycles. The average Bonchev–Trinajstić information content (AvgIpc) is 1.66. The molecule has 0 aliphatic heterocycles. The number of hydrogen-bond acceptors (Lipinski definition) is 0. The van der Waals surface area contributed by atoms with Crippen molar-refractivity contribution in [2.45, 2.75) is 0 Å². The van der Waals surface area contributed by atoms with Gasteiger partial charge in [0.05, 0.1) is 66.2 Å². The number of aromatic amines is 1. The second kappa shape index (κ2) is 18.1. The molecule has 0 fully saturated rings. The van der Waals surface area contributed by atoms with Crippen molar-refractivity contribution in [1.82, 2.24) is 32.4 Å². The van der Waals surface area contributed by atoms with Crippen molar-refractivity contribution in [3.05, 3.63) is 303 Å². The molecule has 1 N–H and O–H groups in total. The Morgan fingerprint density at radius 2 is 0.330 bits per heavy atom. The van der Waals surface area contributed by atoms with Crippen molar-refractivity contribution in [1.29, 1.82) is 0 Å². The Morgan fingerprint density at radius 1 is 0.143 bits per heavy atom. The van der Waals surface area contributed by atoms with Crippen molar-refractivity contribution in [3.63, 3.8) is 0 Å². The minimum Gasteiger partial charge on any atom is -0.355 e. The zero-order valence-corrected chi connectivity index (χ0v) is 49.1. The number of fused-ring (bicyclic) bond motifs is 21. The molecule has 21 rings (SSSR count). The molecule has 0 atom stereocenters. The number of benzene rings is 14. The predicted molar refractivity (Wildman–Crippen MR) is 382 cm³/mol. The molecule has 0 saturated carbocycles. The van der Waals surface area contributed by atoms with E-state index in [9.17, 15) is 0 Å². The average molecular weight is 1160 g/mol. The van der Waals surface area contributed by atoms with E-state index in [1.54, 1.807) is 0 Å². The Bertz CT molecular complexity index is 6670. The van der Waals surface area contributed by atoms with Crippen LogP contribution < -0.4 is 0 Å². The third-order valence-corrected chi connectivity index (χ3v) is 19.9. The molecule has 7 heterocycles. The second-order valence-electron chi connectivity index (χ2n) is 24.5. The van der Waals surface area contributed by atoms with E-state index in [-0.39, 0.29) is 0 Å². The van der Waals surface area contributed by atoms with Gasteiger partial charge in [0.2, 0.25) is 0 Å². The molecule has 0 radical (unpaired) electrons. The SMILES string of the molecule is c1ccc2c(c1)[nH]c1ccc(-n3c4ccccc4c4cc(-n5c6ccccc6c6cc(-n7c8ccccc8c8cc(-n9c%10ccccc%10c%10cc(-n%11c%12ccccc%12c%12cc(-n%13c%14ccccc%14c%14ccccc%14%13)ccc%12%11)ccc%109)ccc87)ccc65)ccc43)cc12. The lowest BCUT2D eigenvalue weighted by Crippen LogP contribution is -1.97. The first kappa shape index (κ1) is 48.8. The third-order valence-electron chi connectivity index (χ3n) is 19.9. The summed E-state index contributed by atoms with van der Waals surface area (Å²) < 4.78 is 14.7. The van der Waals surface area contributed by atoms with Gasteiger partial charge in [-0.05, 0) is 158 Å². The van der Waals surface area contributed by atoms with Gasteiger partial charge >= 0.3 is 0 Å². The molecule has 422 valence electrons. The highest BCUT2D eigenvalue weighted by Crippen LogP contribution is 2.44. The van der Waals surface area contributed by atoms with Gasteiger partial charge in [0.15, 0.2) is 0 Å². The van der Waals surface area contributed by atoms with Crippen molar-refractivity contribution < 1.29 is 0 Å². The van der Waals surface area contributed by atoms with Crippen molar-refractivity contribution >= 4 is 153 Å². The van der Waals surface area contributed by atoms with E-state index in [4.69, 9.17) is 0 Å². The Hall–Kier alpha value is -12.3. The van der Waals surface area contributed by atoms with E-state index >= 15 is 0 Å². The fourth-order valence-corrected chi connectivity index (χ4v) is 16.1. The van der Waals surface area contributed by atoms with Crippen LogP contribution in [0.3, 0.4) is 0 Å². The summed E-state index contributed by atoms with van der Waals surface area (Å²) in [6.07, 6.45) is 0. The molecule has 91 heavy (non-hydrogen) atoms. The van der Waals surface area contributed by atoms with E-state index in [0.717, 1.165) is 61.7 Å². The van der Waals surface area contributed by atoms with Crippen LogP contribution in [0.2, 0.25) is 0 Å². The summed E-state index contributed by atoms with van der Waals surface area (Å²) in [6, 6.07) is 112. The van der Waals surface area contributed by atoms with Gasteiger partial charge in [-0.25, -0.2) is 0 Å². The lowest BCUT2D eigenvalue weighted by atomic mass is 10.1. The predicted octanol–water partition coefficient (Wildman–Crippen LogP) is 21.9. The van der Waals surface area contributed by atoms with Gasteiger partial charge in [0.25, 0.3) is 0 Å². The highest BCUT2D eigenvalue weighted by molar-refractivity contribution is 6.18. The van der Waals surface area contributed by atoms with Crippen LogP contribution >= 0.6 is 0 Å². The van der Waals surface area contributed by atoms with E-state index < -0.39 is 0 Å². The van der Waals surface area contributed by atoms with E-state index in [0.29, 0.717) is 0 Å². The first-order valence-corrected chi connectivity index (χ1v) is 31.3. The van der Waals surface area contributed by atoms with Gasteiger partial charge in [-0.15, -0.1) is 0 Å². The maximum atomic E-state index is 3.62. The lowest BCUT2D eigenvalue weighted by Gasteiger charge is -2.12. The van der Waals surface area contributed by atoms with Gasteiger partial charge in [0.1, 0.15) is 0 Å². The zero-order chi connectivity index (χ0) is 59.2. The van der Waals surface area contributed by atoms with Crippen LogP contribution in [-0.4, -0.2) is 32.4 Å². The van der Waals surface area contributed by atoms with E-state index in [1.165, 1.54) is 125 Å². The number of H-pyrrole nitrogens is 1. The van der Waals surface area contributed by atoms with E-state index in [2.05, 4.69) is 336 Å². The maximum Gasteiger partial charge on any atom is 0.0542 e. The van der Waals surface area contributed by atoms with Crippen molar-refractivity contribution in [3.8, 4) is 34.1 Å². The van der Waals surface area contributed by atoms with Gasteiger partial charge < -0.3 is 32.4 Å². The lowest BCUT2D eigenvalue weighted by molar-refractivity contribution is 1.15. The topological polar surface area (TPSA) is 45.4 Å². The number of nitrogens with one attached hydrogen (secondary N) is 1. The second-order valence-corrected chi connectivity index (χ2v) is 24.5.